The van der Waals surface area contributed by atoms with Crippen LogP contribution in [0.15, 0.2) is 30.5 Å². The van der Waals surface area contributed by atoms with Crippen molar-refractivity contribution in [3.8, 4) is 6.07 Å². The lowest BCUT2D eigenvalue weighted by molar-refractivity contribution is -0.117. The Morgan fingerprint density at radius 3 is 2.55 bits per heavy atom. The van der Waals surface area contributed by atoms with E-state index in [1.165, 1.54) is 17.5 Å². The van der Waals surface area contributed by atoms with Gasteiger partial charge in [-0.05, 0) is 31.0 Å². The van der Waals surface area contributed by atoms with Crippen LogP contribution in [0.3, 0.4) is 0 Å². The molecule has 1 amide bonds. The molecule has 0 bridgehead atoms. The number of carbonyl (C=O) groups excluding carboxylic acids is 2. The number of nitriles is 1. The largest absolute Gasteiger partial charge is 0.325 e. The molecule has 6 heteroatoms. The van der Waals surface area contributed by atoms with Crippen molar-refractivity contribution in [2.45, 2.75) is 20.3 Å². The van der Waals surface area contributed by atoms with Crippen molar-refractivity contribution >= 4 is 28.7 Å². The summed E-state index contributed by atoms with van der Waals surface area (Å²) in [5.74, 6) is -2.51. The van der Waals surface area contributed by atoms with Gasteiger partial charge >= 0.3 is 0 Å². The number of benzene rings is 1. The molecule has 1 aromatic carbocycles. The molecule has 1 atom stereocenters. The Kier molecular flexibility index (Phi) is 5.02. The van der Waals surface area contributed by atoms with Crippen molar-refractivity contribution in [2.75, 3.05) is 5.32 Å². The highest BCUT2D eigenvalue weighted by atomic mass is 32.1. The van der Waals surface area contributed by atoms with Gasteiger partial charge in [0.2, 0.25) is 11.7 Å². The predicted molar refractivity (Wildman–Crippen MR) is 84.7 cm³/mol. The second-order valence-electron chi connectivity index (χ2n) is 4.71. The summed E-state index contributed by atoms with van der Waals surface area (Å²) in [5, 5.41) is 12.5. The third-order valence-electron chi connectivity index (χ3n) is 3.15. The predicted octanol–water partition coefficient (Wildman–Crippen LogP) is 2.98. The molecule has 0 saturated heterocycles. The molecule has 0 spiro atoms. The molecule has 0 fully saturated rings. The van der Waals surface area contributed by atoms with Crippen molar-refractivity contribution in [1.29, 1.82) is 5.26 Å². The number of ketones is 1. The Labute approximate surface area is 132 Å². The lowest BCUT2D eigenvalue weighted by Crippen LogP contribution is -2.28. The van der Waals surface area contributed by atoms with E-state index in [1.807, 2.05) is 19.1 Å². The first-order valence-electron chi connectivity index (χ1n) is 6.81. The van der Waals surface area contributed by atoms with Crippen molar-refractivity contribution in [3.63, 3.8) is 0 Å². The van der Waals surface area contributed by atoms with Crippen molar-refractivity contribution in [1.82, 2.24) is 4.98 Å². The van der Waals surface area contributed by atoms with E-state index in [2.05, 4.69) is 10.3 Å². The van der Waals surface area contributed by atoms with Gasteiger partial charge in [-0.15, -0.1) is 11.3 Å². The molecule has 5 nitrogen and oxygen atoms in total. The average molecular weight is 313 g/mol. The number of hydrogen-bond acceptors (Lipinski definition) is 5. The Hall–Kier alpha value is -2.52. The van der Waals surface area contributed by atoms with Crippen molar-refractivity contribution in [3.05, 3.63) is 45.9 Å². The van der Waals surface area contributed by atoms with E-state index in [0.29, 0.717) is 10.6 Å². The number of anilines is 1. The number of thiazole rings is 1. The Morgan fingerprint density at radius 1 is 1.36 bits per heavy atom. The smallest absolute Gasteiger partial charge is 0.249 e. The number of nitrogens with one attached hydrogen (secondary N) is 1. The number of amides is 1. The summed E-state index contributed by atoms with van der Waals surface area (Å²) in [7, 11) is 0. The standard InChI is InChI=1S/C16H15N3O2S/c1-3-11-4-6-12(7-5-11)19-16(21)13(8-17)15(20)14-9-18-10(2)22-14/h4-7,9,13H,3H2,1-2H3,(H,19,21)/t13-/m1/s1. The van der Waals surface area contributed by atoms with E-state index < -0.39 is 17.6 Å². The van der Waals surface area contributed by atoms with Gasteiger partial charge in [-0.3, -0.25) is 9.59 Å². The van der Waals surface area contributed by atoms with Gasteiger partial charge in [0.05, 0.1) is 16.0 Å². The van der Waals surface area contributed by atoms with Gasteiger partial charge in [0.15, 0.2) is 5.92 Å². The van der Waals surface area contributed by atoms with E-state index >= 15 is 0 Å². The van der Waals surface area contributed by atoms with Gasteiger partial charge in [-0.1, -0.05) is 19.1 Å². The van der Waals surface area contributed by atoms with Crippen molar-refractivity contribution in [2.24, 2.45) is 5.92 Å². The van der Waals surface area contributed by atoms with Crippen molar-refractivity contribution < 1.29 is 9.59 Å². The minimum atomic E-state index is -1.37. The monoisotopic (exact) mass is 313 g/mol. The zero-order valence-corrected chi connectivity index (χ0v) is 13.1. The molecule has 2 aromatic rings. The molecule has 0 unspecified atom stereocenters. The van der Waals surface area contributed by atoms with Crippen LogP contribution in [-0.4, -0.2) is 16.7 Å². The Bertz CT molecular complexity index is 729. The van der Waals surface area contributed by atoms with Crippen LogP contribution >= 0.6 is 11.3 Å². The highest BCUT2D eigenvalue weighted by Gasteiger charge is 2.28. The summed E-state index contributed by atoms with van der Waals surface area (Å²) in [6.45, 7) is 3.80. The van der Waals surface area contributed by atoms with E-state index in [-0.39, 0.29) is 0 Å². The summed E-state index contributed by atoms with van der Waals surface area (Å²) >= 11 is 1.18. The van der Waals surface area contributed by atoms with Crippen LogP contribution in [0.2, 0.25) is 0 Å². The van der Waals surface area contributed by atoms with Crippen LogP contribution in [0.4, 0.5) is 5.69 Å². The van der Waals surface area contributed by atoms with Crippen LogP contribution in [0.5, 0.6) is 0 Å². The van der Waals surface area contributed by atoms with Crippen LogP contribution in [0, 0.1) is 24.2 Å². The Balaban J connectivity index is 2.11. The Morgan fingerprint density at radius 2 is 2.05 bits per heavy atom. The molecule has 0 radical (unpaired) electrons. The van der Waals surface area contributed by atoms with Crippen LogP contribution in [0.1, 0.15) is 27.2 Å². The van der Waals surface area contributed by atoms with Gasteiger partial charge in [0.25, 0.3) is 0 Å². The molecule has 1 N–H and O–H groups in total. The second kappa shape index (κ2) is 6.96. The lowest BCUT2D eigenvalue weighted by atomic mass is 10.0. The minimum Gasteiger partial charge on any atom is -0.325 e. The molecule has 0 aliphatic carbocycles. The summed E-state index contributed by atoms with van der Waals surface area (Å²) in [5.41, 5.74) is 1.71. The summed E-state index contributed by atoms with van der Waals surface area (Å²) in [6.07, 6.45) is 2.30. The maximum atomic E-state index is 12.2. The molecule has 22 heavy (non-hydrogen) atoms. The van der Waals surface area contributed by atoms with Gasteiger partial charge in [0, 0.05) is 11.9 Å². The lowest BCUT2D eigenvalue weighted by Gasteiger charge is -2.09. The summed E-state index contributed by atoms with van der Waals surface area (Å²) in [6, 6.07) is 9.07. The van der Waals surface area contributed by atoms with E-state index in [9.17, 15) is 9.59 Å². The molecule has 0 aliphatic heterocycles. The third kappa shape index (κ3) is 3.57. The number of nitrogens with zero attached hydrogens (tertiary/aromatic N) is 2. The van der Waals surface area contributed by atoms with E-state index in [0.717, 1.165) is 17.0 Å². The number of rotatable bonds is 5. The first-order valence-corrected chi connectivity index (χ1v) is 7.63. The molecule has 0 aliphatic rings. The van der Waals surface area contributed by atoms with Gasteiger partial charge in [-0.25, -0.2) is 4.98 Å². The fourth-order valence-corrected chi connectivity index (χ4v) is 2.64. The topological polar surface area (TPSA) is 82.9 Å². The molecule has 2 rings (SSSR count). The van der Waals surface area contributed by atoms with E-state index in [1.54, 1.807) is 25.1 Å². The average Bonchev–Trinajstić information content (AvgIpc) is 2.95. The van der Waals surface area contributed by atoms with Gasteiger partial charge in [0.1, 0.15) is 0 Å². The van der Waals surface area contributed by atoms with Crippen LogP contribution in [-0.2, 0) is 11.2 Å². The molecular formula is C16H15N3O2S. The highest BCUT2D eigenvalue weighted by molar-refractivity contribution is 7.13. The molecule has 112 valence electrons. The number of aryl methyl sites for hydroxylation is 2. The normalized spacial score (nSPS) is 11.5. The number of carbonyl (C=O) groups is 2. The highest BCUT2D eigenvalue weighted by Crippen LogP contribution is 2.18. The first kappa shape index (κ1) is 15.9. The zero-order chi connectivity index (χ0) is 16.1. The number of Topliss-reactive ketones (excluding diaryl/α,β-unsaturated/α-hetero) is 1. The van der Waals surface area contributed by atoms with E-state index in [4.69, 9.17) is 5.26 Å². The number of hydrogen-bond donors (Lipinski definition) is 1. The fourth-order valence-electron chi connectivity index (χ4n) is 1.89. The molecule has 0 saturated carbocycles. The van der Waals surface area contributed by atoms with Crippen LogP contribution < -0.4 is 5.32 Å². The molecule has 1 heterocycles. The quantitative estimate of drug-likeness (QED) is 0.679. The van der Waals surface area contributed by atoms with Gasteiger partial charge < -0.3 is 5.32 Å². The summed E-state index contributed by atoms with van der Waals surface area (Å²) < 4.78 is 0. The molecular weight excluding hydrogens is 298 g/mol. The van der Waals surface area contributed by atoms with Crippen LogP contribution in [0.25, 0.3) is 0 Å². The minimum absolute atomic E-state index is 0.320. The second-order valence-corrected chi connectivity index (χ2v) is 5.94. The zero-order valence-electron chi connectivity index (χ0n) is 12.3. The maximum absolute atomic E-state index is 12.2. The SMILES string of the molecule is CCc1ccc(NC(=O)[C@H](C#N)C(=O)c2cnc(C)s2)cc1. The number of aromatic nitrogens is 1. The van der Waals surface area contributed by atoms with Gasteiger partial charge in [-0.2, -0.15) is 5.26 Å². The maximum Gasteiger partial charge on any atom is 0.249 e. The third-order valence-corrected chi connectivity index (χ3v) is 4.07. The molecule has 1 aromatic heterocycles. The first-order chi connectivity index (χ1) is 10.5. The summed E-state index contributed by atoms with van der Waals surface area (Å²) in [4.78, 5) is 28.7. The fraction of sp³-hybridized carbons (Fsp3) is 0.250.